The van der Waals surface area contributed by atoms with Gasteiger partial charge >= 0.3 is 0 Å². The highest BCUT2D eigenvalue weighted by Gasteiger charge is 2.34. The predicted octanol–water partition coefficient (Wildman–Crippen LogP) is 5.92. The molecule has 3 aromatic rings. The van der Waals surface area contributed by atoms with Crippen molar-refractivity contribution < 1.29 is 4.79 Å². The first-order valence-electron chi connectivity index (χ1n) is 11.2. The first kappa shape index (κ1) is 23.1. The van der Waals surface area contributed by atoms with Crippen molar-refractivity contribution in [1.82, 2.24) is 14.8 Å². The molecule has 0 aliphatic carbocycles. The fourth-order valence-electron chi connectivity index (χ4n) is 4.01. The number of carbonyl (C=O) groups is 1. The van der Waals surface area contributed by atoms with Gasteiger partial charge in [0.1, 0.15) is 6.04 Å². The lowest BCUT2D eigenvalue weighted by atomic mass is 9.85. The number of allylic oxidation sites excluding steroid dienone is 1. The topological polar surface area (TPSA) is 71.8 Å². The van der Waals surface area contributed by atoms with Crippen molar-refractivity contribution in [3.05, 3.63) is 76.5 Å². The third-order valence-electron chi connectivity index (χ3n) is 5.72. The molecule has 0 spiro atoms. The Morgan fingerprint density at radius 2 is 1.88 bits per heavy atom. The number of fused-ring (bicyclic) bond motifs is 1. The average molecular weight is 462 g/mol. The van der Waals surface area contributed by atoms with E-state index in [0.29, 0.717) is 16.7 Å². The average Bonchev–Trinajstić information content (AvgIpc) is 3.14. The summed E-state index contributed by atoms with van der Waals surface area (Å²) >= 11 is 1.58. The molecule has 6 nitrogen and oxygen atoms in total. The zero-order chi connectivity index (χ0) is 23.8. The number of anilines is 2. The lowest BCUT2D eigenvalue weighted by Crippen LogP contribution is -2.31. The summed E-state index contributed by atoms with van der Waals surface area (Å²) in [5.41, 5.74) is 5.56. The summed E-state index contributed by atoms with van der Waals surface area (Å²) in [6, 6.07) is 15.9. The molecule has 1 atom stereocenters. The number of thioether (sulfide) groups is 1. The molecule has 0 saturated carbocycles. The zero-order valence-corrected chi connectivity index (χ0v) is 20.9. The molecule has 0 saturated heterocycles. The van der Waals surface area contributed by atoms with Crippen LogP contribution in [0.3, 0.4) is 0 Å². The molecule has 0 radical (unpaired) electrons. The molecular formula is C26H31N5OS. The number of nitrogens with one attached hydrogen (secondary N) is 2. The fraction of sp³-hybridized carbons (Fsp3) is 0.346. The largest absolute Gasteiger partial charge is 0.328 e. The fourth-order valence-corrected chi connectivity index (χ4v) is 4.57. The molecule has 1 unspecified atom stereocenters. The summed E-state index contributed by atoms with van der Waals surface area (Å²) < 4.78 is 1.84. The normalized spacial score (nSPS) is 15.8. The Morgan fingerprint density at radius 1 is 1.15 bits per heavy atom. The zero-order valence-electron chi connectivity index (χ0n) is 20.1. The Hall–Kier alpha value is -3.06. The van der Waals surface area contributed by atoms with Gasteiger partial charge in [-0.3, -0.25) is 4.79 Å². The predicted molar refractivity (Wildman–Crippen MR) is 136 cm³/mol. The van der Waals surface area contributed by atoms with E-state index in [2.05, 4.69) is 67.6 Å². The van der Waals surface area contributed by atoms with Gasteiger partial charge in [-0.25, -0.2) is 4.68 Å². The van der Waals surface area contributed by atoms with Crippen molar-refractivity contribution >= 4 is 29.3 Å². The molecule has 0 fully saturated rings. The summed E-state index contributed by atoms with van der Waals surface area (Å²) in [5.74, 6) is 1.38. The Balaban J connectivity index is 1.78. The van der Waals surface area contributed by atoms with E-state index in [-0.39, 0.29) is 17.4 Å². The van der Waals surface area contributed by atoms with E-state index in [1.807, 2.05) is 42.8 Å². The van der Waals surface area contributed by atoms with E-state index in [0.717, 1.165) is 28.3 Å². The lowest BCUT2D eigenvalue weighted by Gasteiger charge is -2.29. The van der Waals surface area contributed by atoms with E-state index in [1.165, 1.54) is 5.56 Å². The van der Waals surface area contributed by atoms with Gasteiger partial charge in [0.2, 0.25) is 11.1 Å². The number of benzene rings is 2. The molecule has 2 N–H and O–H groups in total. The van der Waals surface area contributed by atoms with Crippen LogP contribution in [0.5, 0.6) is 0 Å². The molecular weight excluding hydrogens is 430 g/mol. The van der Waals surface area contributed by atoms with Gasteiger partial charge in [0.25, 0.3) is 5.91 Å². The third kappa shape index (κ3) is 4.83. The van der Waals surface area contributed by atoms with E-state index < -0.39 is 0 Å². The van der Waals surface area contributed by atoms with Crippen LogP contribution in [-0.4, -0.2) is 26.4 Å². The molecule has 1 aliphatic heterocycles. The highest BCUT2D eigenvalue weighted by atomic mass is 32.2. The Kier molecular flexibility index (Phi) is 6.34. The molecule has 1 aliphatic rings. The molecule has 2 aromatic carbocycles. The van der Waals surface area contributed by atoms with Gasteiger partial charge in [0.05, 0.1) is 5.57 Å². The quantitative estimate of drug-likeness (QED) is 0.461. The van der Waals surface area contributed by atoms with Gasteiger partial charge in [0, 0.05) is 11.4 Å². The number of hydrogen-bond acceptors (Lipinski definition) is 5. The second-order valence-electron chi connectivity index (χ2n) is 9.36. The molecule has 33 heavy (non-hydrogen) atoms. The first-order chi connectivity index (χ1) is 15.7. The number of amides is 1. The third-order valence-corrected chi connectivity index (χ3v) is 6.44. The van der Waals surface area contributed by atoms with Crippen molar-refractivity contribution in [3.8, 4) is 0 Å². The summed E-state index contributed by atoms with van der Waals surface area (Å²) in [5, 5.41) is 11.8. The molecule has 0 bridgehead atoms. The summed E-state index contributed by atoms with van der Waals surface area (Å²) in [4.78, 5) is 18.2. The van der Waals surface area contributed by atoms with Gasteiger partial charge in [0.15, 0.2) is 0 Å². The Morgan fingerprint density at radius 3 is 2.52 bits per heavy atom. The van der Waals surface area contributed by atoms with Crippen molar-refractivity contribution in [2.75, 3.05) is 16.4 Å². The number of aromatic nitrogens is 3. The van der Waals surface area contributed by atoms with Gasteiger partial charge < -0.3 is 10.6 Å². The Bertz CT molecular complexity index is 1200. The van der Waals surface area contributed by atoms with Crippen LogP contribution in [0.1, 0.15) is 57.4 Å². The maximum absolute atomic E-state index is 13.6. The highest BCUT2D eigenvalue weighted by molar-refractivity contribution is 7.99. The smallest absolute Gasteiger partial charge is 0.255 e. The van der Waals surface area contributed by atoms with Crippen molar-refractivity contribution in [3.63, 3.8) is 0 Å². The van der Waals surface area contributed by atoms with Gasteiger partial charge in [-0.2, -0.15) is 4.98 Å². The van der Waals surface area contributed by atoms with Crippen LogP contribution in [0.2, 0.25) is 0 Å². The van der Waals surface area contributed by atoms with Crippen LogP contribution in [-0.2, 0) is 10.2 Å². The maximum atomic E-state index is 13.6. The van der Waals surface area contributed by atoms with E-state index in [4.69, 9.17) is 5.10 Å². The van der Waals surface area contributed by atoms with Crippen LogP contribution in [0.25, 0.3) is 0 Å². The standard InChI is InChI=1S/C26H31N5OS/c1-7-33-25-29-24-27-17(3)21(23(32)28-20-10-8-9-16(2)15-20)22(31(24)30-25)18-11-13-19(14-12-18)26(4,5)6/h8-15,22H,7H2,1-6H3,(H,28,32)(H,27,29,30). The summed E-state index contributed by atoms with van der Waals surface area (Å²) in [7, 11) is 0. The monoisotopic (exact) mass is 461 g/mol. The van der Waals surface area contributed by atoms with Crippen LogP contribution >= 0.6 is 11.8 Å². The minimum atomic E-state index is -0.376. The van der Waals surface area contributed by atoms with Crippen molar-refractivity contribution in [1.29, 1.82) is 0 Å². The van der Waals surface area contributed by atoms with Gasteiger partial charge in [-0.05, 0) is 53.8 Å². The molecule has 172 valence electrons. The second-order valence-corrected chi connectivity index (χ2v) is 10.6. The van der Waals surface area contributed by atoms with E-state index in [9.17, 15) is 4.79 Å². The van der Waals surface area contributed by atoms with E-state index >= 15 is 0 Å². The van der Waals surface area contributed by atoms with Crippen LogP contribution in [0.15, 0.2) is 65.0 Å². The van der Waals surface area contributed by atoms with Crippen molar-refractivity contribution in [2.24, 2.45) is 0 Å². The molecule has 1 amide bonds. The van der Waals surface area contributed by atoms with E-state index in [1.54, 1.807) is 11.8 Å². The number of nitrogens with zero attached hydrogens (tertiary/aromatic N) is 3. The van der Waals surface area contributed by atoms with Crippen LogP contribution < -0.4 is 10.6 Å². The minimum Gasteiger partial charge on any atom is -0.328 e. The van der Waals surface area contributed by atoms with Crippen molar-refractivity contribution in [2.45, 2.75) is 58.2 Å². The number of hydrogen-bond donors (Lipinski definition) is 2. The Labute approximate surface area is 199 Å². The number of carbonyl (C=O) groups excluding carboxylic acids is 1. The summed E-state index contributed by atoms with van der Waals surface area (Å²) in [6.07, 6.45) is 0. The molecule has 4 rings (SSSR count). The van der Waals surface area contributed by atoms with Gasteiger partial charge in [-0.15, -0.1) is 5.10 Å². The molecule has 1 aromatic heterocycles. The number of rotatable bonds is 5. The van der Waals surface area contributed by atoms with Gasteiger partial charge in [-0.1, -0.05) is 75.9 Å². The van der Waals surface area contributed by atoms with Crippen LogP contribution in [0, 0.1) is 6.92 Å². The SMILES string of the molecule is CCSc1nc2n(n1)C(c1ccc(C(C)(C)C)cc1)C(C(=O)Nc1cccc(C)c1)=C(C)N2. The highest BCUT2D eigenvalue weighted by Crippen LogP contribution is 2.37. The minimum absolute atomic E-state index is 0.0487. The second kappa shape index (κ2) is 9.06. The lowest BCUT2D eigenvalue weighted by molar-refractivity contribution is -0.113. The first-order valence-corrected chi connectivity index (χ1v) is 12.2. The van der Waals surface area contributed by atoms with Crippen LogP contribution in [0.4, 0.5) is 11.6 Å². The molecule has 7 heteroatoms. The summed E-state index contributed by atoms with van der Waals surface area (Å²) in [6.45, 7) is 12.6. The maximum Gasteiger partial charge on any atom is 0.255 e. The molecule has 2 heterocycles. The number of aryl methyl sites for hydroxylation is 1.